The fraction of sp³-hybridized carbons (Fsp3) is 0.150. The minimum absolute atomic E-state index is 0.0230. The van der Waals surface area contributed by atoms with E-state index in [9.17, 15) is 17.6 Å². The van der Waals surface area contributed by atoms with Crippen molar-refractivity contribution in [3.8, 4) is 17.0 Å². The maximum atomic E-state index is 14.2. The standard InChI is InChI=1S/C20H18FN3O5S/c1-28-15-6-3-13(4-7-15)18-11-19(23-12-22-18)24-30(26,27)16-8-5-14(17(21)10-16)9-20(25)29-2/h3-8,10-12H,9H2,1-2H3,(H,22,23,24). The molecule has 0 spiro atoms. The van der Waals surface area contributed by atoms with E-state index in [-0.39, 0.29) is 22.7 Å². The van der Waals surface area contributed by atoms with E-state index >= 15 is 0 Å². The Morgan fingerprint density at radius 3 is 2.43 bits per heavy atom. The van der Waals surface area contributed by atoms with E-state index in [0.29, 0.717) is 11.4 Å². The van der Waals surface area contributed by atoms with Crippen molar-refractivity contribution < 1.29 is 27.1 Å². The number of hydrogen-bond acceptors (Lipinski definition) is 7. The molecule has 0 aliphatic rings. The Kier molecular flexibility index (Phi) is 6.26. The molecule has 0 aliphatic carbocycles. The lowest BCUT2D eigenvalue weighted by Gasteiger charge is -2.10. The smallest absolute Gasteiger partial charge is 0.310 e. The van der Waals surface area contributed by atoms with Crippen LogP contribution in [0.25, 0.3) is 11.3 Å². The SMILES string of the molecule is COC(=O)Cc1ccc(S(=O)(=O)Nc2cc(-c3ccc(OC)cc3)ncn2)cc1F. The molecule has 0 radical (unpaired) electrons. The zero-order chi connectivity index (χ0) is 21.7. The van der Waals surface area contributed by atoms with E-state index in [0.717, 1.165) is 11.6 Å². The summed E-state index contributed by atoms with van der Waals surface area (Å²) in [4.78, 5) is 19.1. The molecule has 0 bridgehead atoms. The van der Waals surface area contributed by atoms with Gasteiger partial charge in [0, 0.05) is 11.6 Å². The van der Waals surface area contributed by atoms with Crippen LogP contribution in [0.3, 0.4) is 0 Å². The molecule has 10 heteroatoms. The van der Waals surface area contributed by atoms with E-state index in [1.165, 1.54) is 31.6 Å². The second kappa shape index (κ2) is 8.87. The van der Waals surface area contributed by atoms with Crippen molar-refractivity contribution in [2.75, 3.05) is 18.9 Å². The summed E-state index contributed by atoms with van der Waals surface area (Å²) in [6.45, 7) is 0. The molecule has 0 saturated carbocycles. The monoisotopic (exact) mass is 431 g/mol. The minimum Gasteiger partial charge on any atom is -0.497 e. The molecule has 0 fully saturated rings. The van der Waals surface area contributed by atoms with Crippen molar-refractivity contribution in [1.82, 2.24) is 9.97 Å². The van der Waals surface area contributed by atoms with Crippen molar-refractivity contribution in [1.29, 1.82) is 0 Å². The van der Waals surface area contributed by atoms with Gasteiger partial charge in [-0.1, -0.05) is 6.07 Å². The molecule has 0 unspecified atom stereocenters. The number of rotatable bonds is 7. The van der Waals surface area contributed by atoms with Gasteiger partial charge in [-0.2, -0.15) is 0 Å². The number of aromatic nitrogens is 2. The Morgan fingerprint density at radius 2 is 1.80 bits per heavy atom. The Bertz CT molecular complexity index is 1170. The molecule has 2 aromatic carbocycles. The summed E-state index contributed by atoms with van der Waals surface area (Å²) in [6, 6.07) is 11.8. The third-order valence-corrected chi connectivity index (χ3v) is 5.54. The molecular weight excluding hydrogens is 413 g/mol. The fourth-order valence-corrected chi connectivity index (χ4v) is 3.61. The molecule has 0 amide bonds. The molecule has 0 saturated heterocycles. The average molecular weight is 431 g/mol. The maximum Gasteiger partial charge on any atom is 0.310 e. The number of nitrogens with zero attached hydrogens (tertiary/aromatic N) is 2. The van der Waals surface area contributed by atoms with Crippen molar-refractivity contribution in [3.05, 3.63) is 66.2 Å². The van der Waals surface area contributed by atoms with E-state index < -0.39 is 21.8 Å². The third kappa shape index (κ3) is 4.90. The minimum atomic E-state index is -4.11. The van der Waals surface area contributed by atoms with E-state index in [1.54, 1.807) is 31.4 Å². The van der Waals surface area contributed by atoms with Gasteiger partial charge >= 0.3 is 5.97 Å². The van der Waals surface area contributed by atoms with Crippen LogP contribution in [-0.2, 0) is 26.0 Å². The van der Waals surface area contributed by atoms with Crippen molar-refractivity contribution in [2.24, 2.45) is 0 Å². The lowest BCUT2D eigenvalue weighted by Crippen LogP contribution is -2.15. The molecule has 3 aromatic rings. The lowest BCUT2D eigenvalue weighted by atomic mass is 10.1. The van der Waals surface area contributed by atoms with Gasteiger partial charge in [-0.05, 0) is 42.0 Å². The predicted octanol–water partition coefficient (Wildman–Crippen LogP) is 2.81. The molecule has 0 atom stereocenters. The van der Waals surface area contributed by atoms with Gasteiger partial charge in [0.25, 0.3) is 10.0 Å². The maximum absolute atomic E-state index is 14.2. The molecule has 30 heavy (non-hydrogen) atoms. The molecule has 1 aromatic heterocycles. The van der Waals surface area contributed by atoms with Gasteiger partial charge in [-0.15, -0.1) is 0 Å². The Hall–Kier alpha value is -3.53. The summed E-state index contributed by atoms with van der Waals surface area (Å²) in [5.74, 6) is -0.763. The molecule has 8 nitrogen and oxygen atoms in total. The average Bonchev–Trinajstić information content (AvgIpc) is 2.75. The second-order valence-electron chi connectivity index (χ2n) is 6.13. The van der Waals surface area contributed by atoms with Crippen LogP contribution >= 0.6 is 0 Å². The summed E-state index contributed by atoms with van der Waals surface area (Å²) >= 11 is 0. The van der Waals surface area contributed by atoms with Gasteiger partial charge in [0.15, 0.2) is 0 Å². The lowest BCUT2D eigenvalue weighted by molar-refractivity contribution is -0.139. The molecule has 156 valence electrons. The van der Waals surface area contributed by atoms with Crippen LogP contribution < -0.4 is 9.46 Å². The number of anilines is 1. The summed E-state index contributed by atoms with van der Waals surface area (Å²) in [5, 5.41) is 0. The van der Waals surface area contributed by atoms with Crippen LogP contribution in [0.4, 0.5) is 10.2 Å². The Labute approximate surface area is 172 Å². The number of sulfonamides is 1. The van der Waals surface area contributed by atoms with Gasteiger partial charge in [-0.25, -0.2) is 22.8 Å². The number of halogens is 1. The van der Waals surface area contributed by atoms with Crippen LogP contribution in [0.1, 0.15) is 5.56 Å². The molecule has 1 heterocycles. The van der Waals surface area contributed by atoms with Gasteiger partial charge in [0.05, 0.1) is 31.2 Å². The van der Waals surface area contributed by atoms with E-state index in [2.05, 4.69) is 19.4 Å². The first kappa shape index (κ1) is 21.2. The van der Waals surface area contributed by atoms with Crippen molar-refractivity contribution in [3.63, 3.8) is 0 Å². The normalized spacial score (nSPS) is 11.0. The molecule has 1 N–H and O–H groups in total. The van der Waals surface area contributed by atoms with Gasteiger partial charge in [-0.3, -0.25) is 9.52 Å². The summed E-state index contributed by atoms with van der Waals surface area (Å²) < 4.78 is 51.4. The number of methoxy groups -OCH3 is 2. The number of benzene rings is 2. The number of esters is 1. The highest BCUT2D eigenvalue weighted by atomic mass is 32.2. The largest absolute Gasteiger partial charge is 0.497 e. The van der Waals surface area contributed by atoms with Crippen molar-refractivity contribution >= 4 is 21.8 Å². The van der Waals surface area contributed by atoms with E-state index in [4.69, 9.17) is 4.74 Å². The predicted molar refractivity (Wildman–Crippen MR) is 107 cm³/mol. The van der Waals surface area contributed by atoms with Crippen LogP contribution in [0.5, 0.6) is 5.75 Å². The summed E-state index contributed by atoms with van der Waals surface area (Å²) in [7, 11) is -1.37. The highest BCUT2D eigenvalue weighted by Gasteiger charge is 2.18. The Morgan fingerprint density at radius 1 is 1.07 bits per heavy atom. The number of carbonyl (C=O) groups is 1. The fourth-order valence-electron chi connectivity index (χ4n) is 2.60. The quantitative estimate of drug-likeness (QED) is 0.573. The molecule has 3 rings (SSSR count). The first-order valence-electron chi connectivity index (χ1n) is 8.67. The molecule has 0 aliphatic heterocycles. The van der Waals surface area contributed by atoms with Crippen molar-refractivity contribution in [2.45, 2.75) is 11.3 Å². The van der Waals surface area contributed by atoms with Crippen LogP contribution in [0.2, 0.25) is 0 Å². The van der Waals surface area contributed by atoms with Crippen LogP contribution in [0.15, 0.2) is 59.8 Å². The third-order valence-electron chi connectivity index (χ3n) is 4.19. The summed E-state index contributed by atoms with van der Waals surface area (Å²) in [6.07, 6.45) is 0.921. The van der Waals surface area contributed by atoms with E-state index in [1.807, 2.05) is 0 Å². The van der Waals surface area contributed by atoms with Crippen LogP contribution in [0, 0.1) is 5.82 Å². The number of carbonyl (C=O) groups excluding carboxylic acids is 1. The highest BCUT2D eigenvalue weighted by molar-refractivity contribution is 7.92. The topological polar surface area (TPSA) is 107 Å². The highest BCUT2D eigenvalue weighted by Crippen LogP contribution is 2.23. The van der Waals surface area contributed by atoms with Gasteiger partial charge in [0.1, 0.15) is 23.7 Å². The van der Waals surface area contributed by atoms with Gasteiger partial charge in [0.2, 0.25) is 0 Å². The first-order valence-corrected chi connectivity index (χ1v) is 10.2. The van der Waals surface area contributed by atoms with Crippen LogP contribution in [-0.4, -0.2) is 38.6 Å². The zero-order valence-electron chi connectivity index (χ0n) is 16.1. The number of ether oxygens (including phenoxy) is 2. The first-order chi connectivity index (χ1) is 14.3. The summed E-state index contributed by atoms with van der Waals surface area (Å²) in [5.41, 5.74) is 1.26. The second-order valence-corrected chi connectivity index (χ2v) is 7.81. The molecular formula is C20H18FN3O5S. The van der Waals surface area contributed by atoms with Gasteiger partial charge < -0.3 is 9.47 Å². The Balaban J connectivity index is 1.83. The number of hydrogen-bond donors (Lipinski definition) is 1. The number of nitrogens with one attached hydrogen (secondary N) is 1. The zero-order valence-corrected chi connectivity index (χ0v) is 16.9.